The minimum atomic E-state index is -0.425. The van der Waals surface area contributed by atoms with Crippen LogP contribution in [0.25, 0.3) is 0 Å². The average molecular weight is 378 g/mol. The Morgan fingerprint density at radius 3 is 2.79 bits per heavy atom. The van der Waals surface area contributed by atoms with Gasteiger partial charge in [-0.2, -0.15) is 0 Å². The lowest BCUT2D eigenvalue weighted by molar-refractivity contribution is -0.385. The molecule has 7 heteroatoms. The lowest BCUT2D eigenvalue weighted by Gasteiger charge is -2.29. The molecule has 0 radical (unpaired) electrons. The Kier molecular flexibility index (Phi) is 4.97. The molecule has 0 N–H and O–H groups in total. The number of nitro groups is 1. The third-order valence-corrected chi connectivity index (χ3v) is 5.20. The van der Waals surface area contributed by atoms with Gasteiger partial charge in [0.25, 0.3) is 0 Å². The van der Waals surface area contributed by atoms with E-state index in [1.54, 1.807) is 12.1 Å². The van der Waals surface area contributed by atoms with Crippen LogP contribution in [0.5, 0.6) is 5.75 Å². The van der Waals surface area contributed by atoms with Crippen LogP contribution in [0.1, 0.15) is 17.0 Å². The van der Waals surface area contributed by atoms with Crippen molar-refractivity contribution in [1.82, 2.24) is 9.55 Å². The van der Waals surface area contributed by atoms with E-state index < -0.39 is 4.92 Å². The summed E-state index contributed by atoms with van der Waals surface area (Å²) in [6.07, 6.45) is 3.80. The second-order valence-electron chi connectivity index (χ2n) is 6.85. The smallest absolute Gasteiger partial charge is 0.311 e. The molecule has 0 saturated carbocycles. The number of fused-ring (bicyclic) bond motifs is 1. The molecule has 144 valence electrons. The molecule has 0 atom stereocenters. The summed E-state index contributed by atoms with van der Waals surface area (Å²) in [5.74, 6) is 0.279. The Morgan fingerprint density at radius 1 is 1.21 bits per heavy atom. The van der Waals surface area contributed by atoms with Crippen LogP contribution in [0.15, 0.2) is 54.9 Å². The summed E-state index contributed by atoms with van der Waals surface area (Å²) >= 11 is 0. The zero-order chi connectivity index (χ0) is 19.5. The average Bonchev–Trinajstić information content (AvgIpc) is 3.14. The lowest BCUT2D eigenvalue weighted by atomic mass is 10.1. The minimum absolute atomic E-state index is 0.0193. The zero-order valence-electron chi connectivity index (χ0n) is 15.7. The number of benzene rings is 2. The maximum Gasteiger partial charge on any atom is 0.311 e. The molecule has 0 aliphatic carbocycles. The second-order valence-corrected chi connectivity index (χ2v) is 6.85. The van der Waals surface area contributed by atoms with E-state index in [4.69, 9.17) is 4.74 Å². The van der Waals surface area contributed by atoms with Crippen molar-refractivity contribution in [3.8, 4) is 5.75 Å². The van der Waals surface area contributed by atoms with E-state index in [0.717, 1.165) is 37.3 Å². The Hall–Kier alpha value is -3.35. The number of ether oxygens (including phenoxy) is 1. The van der Waals surface area contributed by atoms with Gasteiger partial charge < -0.3 is 14.2 Å². The van der Waals surface area contributed by atoms with Gasteiger partial charge in [-0.1, -0.05) is 30.3 Å². The van der Waals surface area contributed by atoms with Crippen molar-refractivity contribution in [2.24, 2.45) is 0 Å². The van der Waals surface area contributed by atoms with Crippen molar-refractivity contribution in [2.75, 3.05) is 18.6 Å². The predicted molar refractivity (Wildman–Crippen MR) is 107 cm³/mol. The number of hydrogen-bond donors (Lipinski definition) is 0. The second kappa shape index (κ2) is 7.72. The van der Waals surface area contributed by atoms with Gasteiger partial charge in [0.2, 0.25) is 0 Å². The van der Waals surface area contributed by atoms with Crippen molar-refractivity contribution < 1.29 is 9.66 Å². The van der Waals surface area contributed by atoms with E-state index in [9.17, 15) is 10.1 Å². The van der Waals surface area contributed by atoms with E-state index in [1.165, 1.54) is 24.4 Å². The maximum absolute atomic E-state index is 11.1. The van der Waals surface area contributed by atoms with Gasteiger partial charge in [0.1, 0.15) is 0 Å². The van der Waals surface area contributed by atoms with Crippen LogP contribution in [-0.2, 0) is 25.9 Å². The molecule has 0 spiro atoms. The van der Waals surface area contributed by atoms with Gasteiger partial charge in [0.15, 0.2) is 5.75 Å². The molecule has 2 aromatic carbocycles. The lowest BCUT2D eigenvalue weighted by Crippen LogP contribution is -2.31. The van der Waals surface area contributed by atoms with Crippen molar-refractivity contribution in [3.63, 3.8) is 0 Å². The normalized spacial score (nSPS) is 13.2. The summed E-state index contributed by atoms with van der Waals surface area (Å²) in [4.78, 5) is 17.5. The highest BCUT2D eigenvalue weighted by Gasteiger charge is 2.23. The fraction of sp³-hybridized carbons (Fsp3) is 0.286. The SMILES string of the molecule is COc1cc(N2CCc3c(ncn3CCc3ccccc3)C2)ccc1[N+](=O)[O-]. The van der Waals surface area contributed by atoms with E-state index >= 15 is 0 Å². The van der Waals surface area contributed by atoms with Crippen molar-refractivity contribution in [2.45, 2.75) is 25.9 Å². The Balaban J connectivity index is 1.48. The number of rotatable bonds is 6. The molecular formula is C21H22N4O3. The van der Waals surface area contributed by atoms with Crippen LogP contribution in [0.4, 0.5) is 11.4 Å². The summed E-state index contributed by atoms with van der Waals surface area (Å²) in [5.41, 5.74) is 4.55. The summed E-state index contributed by atoms with van der Waals surface area (Å²) < 4.78 is 7.44. The van der Waals surface area contributed by atoms with E-state index in [-0.39, 0.29) is 11.4 Å². The van der Waals surface area contributed by atoms with Gasteiger partial charge in [-0.15, -0.1) is 0 Å². The fourth-order valence-electron chi connectivity index (χ4n) is 3.69. The topological polar surface area (TPSA) is 73.4 Å². The van der Waals surface area contributed by atoms with Gasteiger partial charge in [-0.05, 0) is 18.1 Å². The van der Waals surface area contributed by atoms with Gasteiger partial charge >= 0.3 is 5.69 Å². The summed E-state index contributed by atoms with van der Waals surface area (Å²) in [7, 11) is 1.45. The third kappa shape index (κ3) is 3.55. The van der Waals surface area contributed by atoms with Crippen LogP contribution in [0.3, 0.4) is 0 Å². The number of anilines is 1. The first-order chi connectivity index (χ1) is 13.7. The number of nitrogens with zero attached hydrogens (tertiary/aromatic N) is 4. The first-order valence-corrected chi connectivity index (χ1v) is 9.30. The van der Waals surface area contributed by atoms with Crippen LogP contribution in [-0.4, -0.2) is 28.1 Å². The standard InChI is InChI=1S/C21H22N4O3/c1-28-21-13-17(7-8-20(21)25(26)27)23-12-10-19-18(14-23)22-15-24(19)11-9-16-5-3-2-4-6-16/h2-8,13,15H,9-12,14H2,1H3. The quantitative estimate of drug-likeness (QED) is 0.484. The largest absolute Gasteiger partial charge is 0.490 e. The van der Waals surface area contributed by atoms with Crippen molar-refractivity contribution in [1.29, 1.82) is 0 Å². The number of nitro benzene ring substituents is 1. The van der Waals surface area contributed by atoms with Gasteiger partial charge in [0, 0.05) is 43.0 Å². The van der Waals surface area contributed by atoms with Gasteiger partial charge in [-0.25, -0.2) is 4.98 Å². The van der Waals surface area contributed by atoms with Crippen molar-refractivity contribution in [3.05, 3.63) is 81.9 Å². The first-order valence-electron chi connectivity index (χ1n) is 9.30. The molecule has 2 heterocycles. The molecule has 1 aromatic heterocycles. The van der Waals surface area contributed by atoms with Crippen LogP contribution >= 0.6 is 0 Å². The van der Waals surface area contributed by atoms with Gasteiger partial charge in [-0.3, -0.25) is 10.1 Å². The highest BCUT2D eigenvalue weighted by molar-refractivity contribution is 5.59. The molecule has 0 fully saturated rings. The van der Waals surface area contributed by atoms with Crippen LogP contribution in [0, 0.1) is 10.1 Å². The third-order valence-electron chi connectivity index (χ3n) is 5.20. The number of aryl methyl sites for hydroxylation is 2. The van der Waals surface area contributed by atoms with E-state index in [0.29, 0.717) is 6.54 Å². The molecule has 0 unspecified atom stereocenters. The molecule has 3 aromatic rings. The maximum atomic E-state index is 11.1. The monoisotopic (exact) mass is 378 g/mol. The Morgan fingerprint density at radius 2 is 2.04 bits per heavy atom. The minimum Gasteiger partial charge on any atom is -0.490 e. The first kappa shape index (κ1) is 18.0. The number of methoxy groups -OCH3 is 1. The molecule has 28 heavy (non-hydrogen) atoms. The fourth-order valence-corrected chi connectivity index (χ4v) is 3.69. The molecule has 0 saturated heterocycles. The molecule has 0 amide bonds. The van der Waals surface area contributed by atoms with Crippen molar-refractivity contribution >= 4 is 11.4 Å². The molecule has 0 bridgehead atoms. The highest BCUT2D eigenvalue weighted by Crippen LogP contribution is 2.33. The molecule has 1 aliphatic heterocycles. The molecule has 4 rings (SSSR count). The molecular weight excluding hydrogens is 356 g/mol. The molecule has 7 nitrogen and oxygen atoms in total. The van der Waals surface area contributed by atoms with Crippen LogP contribution < -0.4 is 9.64 Å². The van der Waals surface area contributed by atoms with Crippen LogP contribution in [0.2, 0.25) is 0 Å². The zero-order valence-corrected chi connectivity index (χ0v) is 15.7. The molecule has 1 aliphatic rings. The van der Waals surface area contributed by atoms with E-state index in [1.807, 2.05) is 12.4 Å². The summed E-state index contributed by atoms with van der Waals surface area (Å²) in [6.45, 7) is 2.44. The number of hydrogen-bond acceptors (Lipinski definition) is 5. The van der Waals surface area contributed by atoms with Gasteiger partial charge in [0.05, 0.1) is 30.6 Å². The number of imidazole rings is 1. The Bertz CT molecular complexity index is 985. The predicted octanol–water partition coefficient (Wildman–Crippen LogP) is 3.61. The highest BCUT2D eigenvalue weighted by atomic mass is 16.6. The summed E-state index contributed by atoms with van der Waals surface area (Å²) in [5, 5.41) is 11.1. The van der Waals surface area contributed by atoms with E-state index in [2.05, 4.69) is 38.7 Å². The number of aromatic nitrogens is 2. The Labute approximate surface area is 163 Å². The summed E-state index contributed by atoms with van der Waals surface area (Å²) in [6, 6.07) is 15.5.